The molecule has 0 radical (unpaired) electrons. The Kier molecular flexibility index (Phi) is 5.58. The highest BCUT2D eigenvalue weighted by Crippen LogP contribution is 2.35. The number of aliphatic hydroxyl groups is 1. The number of rotatable bonds is 3. The van der Waals surface area contributed by atoms with Crippen molar-refractivity contribution in [2.75, 3.05) is 13.1 Å². The highest BCUT2D eigenvalue weighted by Gasteiger charge is 2.46. The Hall–Kier alpha value is -0.980. The Morgan fingerprint density at radius 2 is 1.68 bits per heavy atom. The zero-order chi connectivity index (χ0) is 16.3. The summed E-state index contributed by atoms with van der Waals surface area (Å²) < 4.78 is 39.6. The number of amides is 2. The molecule has 1 heterocycles. The molecule has 2 rings (SSSR count). The van der Waals surface area contributed by atoms with E-state index in [0.717, 1.165) is 12.8 Å². The number of alkyl halides is 3. The number of halogens is 3. The van der Waals surface area contributed by atoms with Crippen molar-refractivity contribution in [3.8, 4) is 0 Å². The molecule has 1 aliphatic carbocycles. The Labute approximate surface area is 129 Å². The number of likely N-dealkylation sites (tertiary alicyclic amines) is 1. The number of aliphatic hydroxyl groups excluding tert-OH is 1. The largest absolute Gasteiger partial charge is 0.408 e. The molecule has 2 atom stereocenters. The number of hydrogen-bond donors (Lipinski definition) is 2. The molecule has 4 nitrogen and oxygen atoms in total. The van der Waals surface area contributed by atoms with E-state index in [-0.39, 0.29) is 5.92 Å². The average molecular weight is 322 g/mol. The lowest BCUT2D eigenvalue weighted by Crippen LogP contribution is -2.55. The first kappa shape index (κ1) is 17.4. The van der Waals surface area contributed by atoms with Gasteiger partial charge in [-0.1, -0.05) is 12.8 Å². The van der Waals surface area contributed by atoms with Gasteiger partial charge in [-0.05, 0) is 44.4 Å². The second-order valence-electron chi connectivity index (χ2n) is 6.58. The van der Waals surface area contributed by atoms with E-state index >= 15 is 0 Å². The molecule has 0 unspecified atom stereocenters. The maximum atomic E-state index is 13.2. The quantitative estimate of drug-likeness (QED) is 0.839. The van der Waals surface area contributed by atoms with Crippen LogP contribution in [0.3, 0.4) is 0 Å². The van der Waals surface area contributed by atoms with Crippen molar-refractivity contribution in [1.82, 2.24) is 10.2 Å². The van der Waals surface area contributed by atoms with Gasteiger partial charge in [0.2, 0.25) is 0 Å². The maximum absolute atomic E-state index is 13.2. The van der Waals surface area contributed by atoms with E-state index in [4.69, 9.17) is 0 Å². The van der Waals surface area contributed by atoms with Crippen molar-refractivity contribution >= 4 is 6.03 Å². The topological polar surface area (TPSA) is 52.6 Å². The van der Waals surface area contributed by atoms with Crippen LogP contribution in [0.5, 0.6) is 0 Å². The van der Waals surface area contributed by atoms with Crippen LogP contribution in [-0.4, -0.2) is 47.4 Å². The van der Waals surface area contributed by atoms with Crippen molar-refractivity contribution in [3.63, 3.8) is 0 Å². The van der Waals surface area contributed by atoms with Gasteiger partial charge in [-0.3, -0.25) is 0 Å². The lowest BCUT2D eigenvalue weighted by molar-refractivity contribution is -0.165. The molecule has 1 saturated carbocycles. The molecule has 0 aromatic rings. The number of nitrogens with one attached hydrogen (secondary N) is 1. The van der Waals surface area contributed by atoms with Gasteiger partial charge in [0, 0.05) is 13.1 Å². The third kappa shape index (κ3) is 4.27. The van der Waals surface area contributed by atoms with Crippen LogP contribution in [0.4, 0.5) is 18.0 Å². The Morgan fingerprint density at radius 3 is 2.14 bits per heavy atom. The summed E-state index contributed by atoms with van der Waals surface area (Å²) >= 11 is 0. The van der Waals surface area contributed by atoms with Crippen molar-refractivity contribution in [2.24, 2.45) is 11.8 Å². The highest BCUT2D eigenvalue weighted by molar-refractivity contribution is 5.74. The lowest BCUT2D eigenvalue weighted by atomic mass is 9.92. The number of nitrogens with zero attached hydrogens (tertiary/aromatic N) is 1. The van der Waals surface area contributed by atoms with Gasteiger partial charge >= 0.3 is 12.2 Å². The van der Waals surface area contributed by atoms with Crippen LogP contribution in [0.1, 0.15) is 45.4 Å². The van der Waals surface area contributed by atoms with E-state index in [0.29, 0.717) is 38.8 Å². The van der Waals surface area contributed by atoms with Crippen molar-refractivity contribution in [1.29, 1.82) is 0 Å². The second kappa shape index (κ2) is 7.06. The van der Waals surface area contributed by atoms with Crippen LogP contribution in [-0.2, 0) is 0 Å². The molecule has 22 heavy (non-hydrogen) atoms. The summed E-state index contributed by atoms with van der Waals surface area (Å²) in [5.41, 5.74) is 0. The van der Waals surface area contributed by atoms with Gasteiger partial charge in [-0.15, -0.1) is 0 Å². The molecule has 2 aliphatic rings. The molecule has 2 N–H and O–H groups in total. The summed E-state index contributed by atoms with van der Waals surface area (Å²) in [6.45, 7) is 2.51. The molecule has 128 valence electrons. The number of hydrogen-bond acceptors (Lipinski definition) is 2. The van der Waals surface area contributed by atoms with Gasteiger partial charge in [0.25, 0.3) is 0 Å². The molecule has 1 aliphatic heterocycles. The normalized spacial score (nSPS) is 24.3. The number of piperidine rings is 1. The van der Waals surface area contributed by atoms with Crippen LogP contribution >= 0.6 is 0 Å². The van der Waals surface area contributed by atoms with E-state index < -0.39 is 30.3 Å². The van der Waals surface area contributed by atoms with Crippen LogP contribution < -0.4 is 5.32 Å². The summed E-state index contributed by atoms with van der Waals surface area (Å²) in [5, 5.41) is 11.7. The zero-order valence-electron chi connectivity index (χ0n) is 12.9. The molecular formula is C15H25F3N2O2. The molecule has 1 saturated heterocycles. The van der Waals surface area contributed by atoms with Crippen LogP contribution in [0.2, 0.25) is 0 Å². The minimum absolute atomic E-state index is 0.122. The number of carbonyl (C=O) groups excluding carboxylic acids is 1. The van der Waals surface area contributed by atoms with E-state index in [1.165, 1.54) is 4.90 Å². The van der Waals surface area contributed by atoms with Crippen molar-refractivity contribution in [2.45, 2.75) is 63.8 Å². The summed E-state index contributed by atoms with van der Waals surface area (Å²) in [6.07, 6.45) is -0.936. The molecule has 0 bridgehead atoms. The first-order valence-corrected chi connectivity index (χ1v) is 8.09. The third-order valence-corrected chi connectivity index (χ3v) is 5.01. The van der Waals surface area contributed by atoms with Gasteiger partial charge in [-0.25, -0.2) is 4.79 Å². The fraction of sp³-hybridized carbons (Fsp3) is 0.933. The van der Waals surface area contributed by atoms with Crippen LogP contribution in [0, 0.1) is 11.8 Å². The predicted molar refractivity (Wildman–Crippen MR) is 76.3 cm³/mol. The molecule has 0 aromatic carbocycles. The van der Waals surface area contributed by atoms with Crippen LogP contribution in [0.15, 0.2) is 0 Å². The van der Waals surface area contributed by atoms with E-state index in [1.54, 1.807) is 6.92 Å². The third-order valence-electron chi connectivity index (χ3n) is 5.01. The van der Waals surface area contributed by atoms with E-state index in [2.05, 4.69) is 5.32 Å². The number of carbonyl (C=O) groups is 1. The van der Waals surface area contributed by atoms with Gasteiger partial charge < -0.3 is 15.3 Å². The van der Waals surface area contributed by atoms with Gasteiger partial charge in [0.15, 0.2) is 0 Å². The summed E-state index contributed by atoms with van der Waals surface area (Å²) in [4.78, 5) is 13.6. The fourth-order valence-electron chi connectivity index (χ4n) is 3.57. The monoisotopic (exact) mass is 322 g/mol. The maximum Gasteiger partial charge on any atom is 0.408 e. The second-order valence-corrected chi connectivity index (χ2v) is 6.58. The van der Waals surface area contributed by atoms with Gasteiger partial charge in [-0.2, -0.15) is 13.2 Å². The molecule has 0 aromatic heterocycles. The Balaban J connectivity index is 1.91. The first-order chi connectivity index (χ1) is 10.3. The summed E-state index contributed by atoms with van der Waals surface area (Å²) in [6, 6.07) is -2.37. The first-order valence-electron chi connectivity index (χ1n) is 8.09. The lowest BCUT2D eigenvalue weighted by Gasteiger charge is -2.35. The Bertz CT molecular complexity index is 373. The minimum Gasteiger partial charge on any atom is -0.393 e. The Morgan fingerprint density at radius 1 is 1.14 bits per heavy atom. The van der Waals surface area contributed by atoms with E-state index in [9.17, 15) is 23.1 Å². The predicted octanol–water partition coefficient (Wildman–Crippen LogP) is 2.91. The number of urea groups is 1. The fourth-order valence-corrected chi connectivity index (χ4v) is 3.57. The van der Waals surface area contributed by atoms with Gasteiger partial charge in [0.05, 0.1) is 6.10 Å². The standard InChI is InChI=1S/C15H25F3N2O2/c1-10(21)11-6-8-20(9-7-11)14(22)19-13(15(16,17)18)12-4-2-3-5-12/h10-13,21H,2-9H2,1H3,(H,19,22)/t10-,13+/m1/s1. The smallest absolute Gasteiger partial charge is 0.393 e. The SMILES string of the molecule is C[C@@H](O)C1CCN(C(=O)N[C@@H](C2CCCC2)C(F)(F)F)CC1. The molecular weight excluding hydrogens is 297 g/mol. The van der Waals surface area contributed by atoms with Crippen molar-refractivity contribution in [3.05, 3.63) is 0 Å². The molecule has 0 spiro atoms. The minimum atomic E-state index is -4.40. The van der Waals surface area contributed by atoms with E-state index in [1.807, 2.05) is 0 Å². The molecule has 7 heteroatoms. The summed E-state index contributed by atoms with van der Waals surface area (Å²) in [7, 11) is 0. The molecule has 2 fully saturated rings. The van der Waals surface area contributed by atoms with Crippen molar-refractivity contribution < 1.29 is 23.1 Å². The molecule has 2 amide bonds. The summed E-state index contributed by atoms with van der Waals surface area (Å²) in [5.74, 6) is -0.378. The average Bonchev–Trinajstić information content (AvgIpc) is 2.97. The zero-order valence-corrected chi connectivity index (χ0v) is 12.9. The van der Waals surface area contributed by atoms with Gasteiger partial charge in [0.1, 0.15) is 6.04 Å². The van der Waals surface area contributed by atoms with Crippen LogP contribution in [0.25, 0.3) is 0 Å². The highest BCUT2D eigenvalue weighted by atomic mass is 19.4.